The predicted molar refractivity (Wildman–Crippen MR) is 84.0 cm³/mol. The van der Waals surface area contributed by atoms with Crippen LogP contribution in [0.2, 0.25) is 0 Å². The Labute approximate surface area is 137 Å². The molecule has 1 amide bonds. The molecule has 0 bridgehead atoms. The highest BCUT2D eigenvalue weighted by atomic mass is 19.4. The summed E-state index contributed by atoms with van der Waals surface area (Å²) in [6, 6.07) is 6.88. The van der Waals surface area contributed by atoms with Crippen LogP contribution in [0.5, 0.6) is 0 Å². The lowest BCUT2D eigenvalue weighted by Crippen LogP contribution is -2.19. The number of carbonyl (C=O) groups is 1. The first-order valence-electron chi connectivity index (χ1n) is 7.50. The summed E-state index contributed by atoms with van der Waals surface area (Å²) in [4.78, 5) is 14.0. The van der Waals surface area contributed by atoms with E-state index in [1.54, 1.807) is 37.4 Å². The van der Waals surface area contributed by atoms with Crippen molar-refractivity contribution in [3.8, 4) is 0 Å². The largest absolute Gasteiger partial charge is 0.469 e. The van der Waals surface area contributed by atoms with Crippen LogP contribution in [0.3, 0.4) is 0 Å². The molecule has 0 radical (unpaired) electrons. The van der Waals surface area contributed by atoms with Crippen molar-refractivity contribution in [1.82, 2.24) is 0 Å². The highest BCUT2D eigenvalue weighted by Crippen LogP contribution is 2.48. The normalized spacial score (nSPS) is 19.9. The van der Waals surface area contributed by atoms with E-state index in [1.165, 1.54) is 6.07 Å². The van der Waals surface area contributed by atoms with E-state index in [-0.39, 0.29) is 23.4 Å². The average molecular weight is 338 g/mol. The van der Waals surface area contributed by atoms with Crippen molar-refractivity contribution >= 4 is 17.3 Å². The lowest BCUT2D eigenvalue weighted by molar-refractivity contribution is -0.137. The topological polar surface area (TPSA) is 45.5 Å². The number of halogens is 3. The standard InChI is InChI=1S/C17H17F3N2O2/c1-22(2)14-6-5-10(17(18,19)20)8-13(14)21-16(23)12-9-11(12)15-4-3-7-24-15/h3-8,11-12H,9H2,1-2H3,(H,21,23)/t11-,12+/m0/s1. The number of hydrogen-bond donors (Lipinski definition) is 1. The highest BCUT2D eigenvalue weighted by molar-refractivity contribution is 5.98. The quantitative estimate of drug-likeness (QED) is 0.913. The minimum Gasteiger partial charge on any atom is -0.469 e. The third kappa shape index (κ3) is 3.25. The van der Waals surface area contributed by atoms with Gasteiger partial charge in [0.25, 0.3) is 0 Å². The molecule has 4 nitrogen and oxygen atoms in total. The van der Waals surface area contributed by atoms with E-state index in [9.17, 15) is 18.0 Å². The third-order valence-corrected chi connectivity index (χ3v) is 4.10. The second-order valence-electron chi connectivity index (χ2n) is 6.08. The molecule has 24 heavy (non-hydrogen) atoms. The number of hydrogen-bond acceptors (Lipinski definition) is 3. The molecule has 1 heterocycles. The molecule has 1 aliphatic rings. The van der Waals surface area contributed by atoms with Crippen molar-refractivity contribution in [3.05, 3.63) is 47.9 Å². The van der Waals surface area contributed by atoms with Crippen molar-refractivity contribution in [2.75, 3.05) is 24.3 Å². The number of amides is 1. The number of nitrogens with one attached hydrogen (secondary N) is 1. The average Bonchev–Trinajstić information content (AvgIpc) is 3.12. The van der Waals surface area contributed by atoms with Crippen LogP contribution in [0, 0.1) is 5.92 Å². The maximum Gasteiger partial charge on any atom is 0.416 e. The molecule has 128 valence electrons. The molecule has 1 aromatic carbocycles. The Morgan fingerprint density at radius 2 is 2.04 bits per heavy atom. The first-order valence-corrected chi connectivity index (χ1v) is 7.50. The zero-order valence-electron chi connectivity index (χ0n) is 13.2. The Hall–Kier alpha value is -2.44. The Bertz CT molecular complexity index is 739. The zero-order valence-corrected chi connectivity index (χ0v) is 13.2. The molecular weight excluding hydrogens is 321 g/mol. The molecular formula is C17H17F3N2O2. The summed E-state index contributed by atoms with van der Waals surface area (Å²) in [5, 5.41) is 2.64. The second-order valence-corrected chi connectivity index (χ2v) is 6.08. The lowest BCUT2D eigenvalue weighted by Gasteiger charge is -2.20. The molecule has 0 spiro atoms. The summed E-state index contributed by atoms with van der Waals surface area (Å²) >= 11 is 0. The number of furan rings is 1. The fourth-order valence-electron chi connectivity index (χ4n) is 2.73. The summed E-state index contributed by atoms with van der Waals surface area (Å²) in [6.07, 6.45) is -2.28. The molecule has 1 aliphatic carbocycles. The van der Waals surface area contributed by atoms with Gasteiger partial charge in [0.1, 0.15) is 5.76 Å². The molecule has 7 heteroatoms. The maximum absolute atomic E-state index is 12.9. The molecule has 0 aliphatic heterocycles. The van der Waals surface area contributed by atoms with Gasteiger partial charge < -0.3 is 14.6 Å². The summed E-state index contributed by atoms with van der Waals surface area (Å²) in [5.74, 6) is 0.153. The van der Waals surface area contributed by atoms with Gasteiger partial charge in [0.15, 0.2) is 0 Å². The van der Waals surface area contributed by atoms with Crippen molar-refractivity contribution in [2.45, 2.75) is 18.5 Å². The number of alkyl halides is 3. The Kier molecular flexibility index (Phi) is 4.03. The lowest BCUT2D eigenvalue weighted by atomic mass is 10.1. The maximum atomic E-state index is 12.9. The van der Waals surface area contributed by atoms with E-state index in [4.69, 9.17) is 4.42 Å². The van der Waals surface area contributed by atoms with Crippen LogP contribution >= 0.6 is 0 Å². The van der Waals surface area contributed by atoms with Gasteiger partial charge in [0.2, 0.25) is 5.91 Å². The van der Waals surface area contributed by atoms with E-state index in [2.05, 4.69) is 5.32 Å². The van der Waals surface area contributed by atoms with Gasteiger partial charge in [-0.2, -0.15) is 13.2 Å². The van der Waals surface area contributed by atoms with Gasteiger partial charge in [-0.15, -0.1) is 0 Å². The molecule has 2 aromatic rings. The molecule has 0 unspecified atom stereocenters. The molecule has 2 atom stereocenters. The van der Waals surface area contributed by atoms with E-state index in [1.807, 2.05) is 0 Å². The summed E-state index contributed by atoms with van der Waals surface area (Å²) in [5.41, 5.74) is -0.113. The summed E-state index contributed by atoms with van der Waals surface area (Å²) in [7, 11) is 3.42. The fraction of sp³-hybridized carbons (Fsp3) is 0.353. The van der Waals surface area contributed by atoms with Crippen LogP contribution in [0.15, 0.2) is 41.0 Å². The van der Waals surface area contributed by atoms with Crippen molar-refractivity contribution in [1.29, 1.82) is 0 Å². The molecule has 1 N–H and O–H groups in total. The van der Waals surface area contributed by atoms with E-state index in [0.29, 0.717) is 12.1 Å². The minimum absolute atomic E-state index is 0.00592. The Balaban J connectivity index is 1.79. The first-order chi connectivity index (χ1) is 11.3. The minimum atomic E-state index is -4.46. The summed E-state index contributed by atoms with van der Waals surface area (Å²) < 4.78 is 44.0. The van der Waals surface area contributed by atoms with Crippen LogP contribution in [-0.2, 0) is 11.0 Å². The zero-order chi connectivity index (χ0) is 17.5. The SMILES string of the molecule is CN(C)c1ccc(C(F)(F)F)cc1NC(=O)[C@@H]1C[C@@H]1c1ccco1. The van der Waals surface area contributed by atoms with Gasteiger partial charge in [-0.25, -0.2) is 0 Å². The van der Waals surface area contributed by atoms with Crippen LogP contribution in [0.1, 0.15) is 23.7 Å². The highest BCUT2D eigenvalue weighted by Gasteiger charge is 2.46. The van der Waals surface area contributed by atoms with Gasteiger partial charge in [-0.05, 0) is 36.8 Å². The number of nitrogens with zero attached hydrogens (tertiary/aromatic N) is 1. The number of anilines is 2. The van der Waals surface area contributed by atoms with Crippen molar-refractivity contribution < 1.29 is 22.4 Å². The fourth-order valence-corrected chi connectivity index (χ4v) is 2.73. The van der Waals surface area contributed by atoms with Crippen molar-refractivity contribution in [2.24, 2.45) is 5.92 Å². The monoisotopic (exact) mass is 338 g/mol. The van der Waals surface area contributed by atoms with Crippen molar-refractivity contribution in [3.63, 3.8) is 0 Å². The molecule has 1 aromatic heterocycles. The van der Waals surface area contributed by atoms with Gasteiger partial charge in [-0.3, -0.25) is 4.79 Å². The van der Waals surface area contributed by atoms with Crippen LogP contribution in [0.25, 0.3) is 0 Å². The third-order valence-electron chi connectivity index (χ3n) is 4.10. The van der Waals surface area contributed by atoms with Crippen LogP contribution in [0.4, 0.5) is 24.5 Å². The van der Waals surface area contributed by atoms with Gasteiger partial charge in [0.05, 0.1) is 23.2 Å². The van der Waals surface area contributed by atoms with Gasteiger partial charge >= 0.3 is 6.18 Å². The Morgan fingerprint density at radius 1 is 1.29 bits per heavy atom. The van der Waals surface area contributed by atoms with E-state index >= 15 is 0 Å². The van der Waals surface area contributed by atoms with E-state index < -0.39 is 11.7 Å². The number of benzene rings is 1. The van der Waals surface area contributed by atoms with Crippen LogP contribution in [-0.4, -0.2) is 20.0 Å². The van der Waals surface area contributed by atoms with Gasteiger partial charge in [-0.1, -0.05) is 0 Å². The summed E-state index contributed by atoms with van der Waals surface area (Å²) in [6.45, 7) is 0. The molecule has 0 saturated heterocycles. The smallest absolute Gasteiger partial charge is 0.416 e. The predicted octanol–water partition coefficient (Wildman–Crippen LogP) is 4.11. The molecule has 1 saturated carbocycles. The van der Waals surface area contributed by atoms with E-state index in [0.717, 1.165) is 17.9 Å². The number of carbonyl (C=O) groups excluding carboxylic acids is 1. The van der Waals surface area contributed by atoms with Crippen LogP contribution < -0.4 is 10.2 Å². The molecule has 1 fully saturated rings. The second kappa shape index (κ2) is 5.89. The number of rotatable bonds is 4. The van der Waals surface area contributed by atoms with Gasteiger partial charge in [0, 0.05) is 25.9 Å². The molecule has 3 rings (SSSR count). The Morgan fingerprint density at radius 3 is 2.62 bits per heavy atom. The first kappa shape index (κ1) is 16.4.